The third-order valence-corrected chi connectivity index (χ3v) is 6.48. The predicted molar refractivity (Wildman–Crippen MR) is 117 cm³/mol. The molecule has 0 amide bonds. The number of nitrogens with one attached hydrogen (secondary N) is 2. The number of nitrogens with zero attached hydrogens (tertiary/aromatic N) is 2. The van der Waals surface area contributed by atoms with E-state index < -0.39 is 10.0 Å². The van der Waals surface area contributed by atoms with Crippen LogP contribution in [0.5, 0.6) is 0 Å². The van der Waals surface area contributed by atoms with Crippen molar-refractivity contribution in [3.8, 4) is 0 Å². The van der Waals surface area contributed by atoms with Crippen molar-refractivity contribution in [3.63, 3.8) is 0 Å². The Bertz CT molecular complexity index is 886. The average molecular weight is 415 g/mol. The second-order valence-corrected chi connectivity index (χ2v) is 9.00. The number of rotatable bonds is 8. The van der Waals surface area contributed by atoms with Crippen LogP contribution in [0.4, 0.5) is 0 Å². The SMILES string of the molecule is CCNC(=NCCNS(=O)(=O)c1ccccc1)N1CCC(Cc2ccccc2)C1. The van der Waals surface area contributed by atoms with E-state index in [2.05, 4.69) is 44.2 Å². The van der Waals surface area contributed by atoms with Crippen LogP contribution in [-0.4, -0.2) is 52.0 Å². The zero-order chi connectivity index (χ0) is 20.5. The quantitative estimate of drug-likeness (QED) is 0.395. The monoisotopic (exact) mass is 414 g/mol. The van der Waals surface area contributed by atoms with Gasteiger partial charge in [-0.05, 0) is 43.4 Å². The summed E-state index contributed by atoms with van der Waals surface area (Å²) in [7, 11) is -3.49. The molecule has 2 N–H and O–H groups in total. The molecule has 1 saturated heterocycles. The van der Waals surface area contributed by atoms with Crippen LogP contribution >= 0.6 is 0 Å². The van der Waals surface area contributed by atoms with E-state index in [9.17, 15) is 8.42 Å². The minimum Gasteiger partial charge on any atom is -0.357 e. The van der Waals surface area contributed by atoms with Gasteiger partial charge in [0.1, 0.15) is 0 Å². The maximum absolute atomic E-state index is 12.3. The number of likely N-dealkylation sites (tertiary alicyclic amines) is 1. The molecule has 0 bridgehead atoms. The van der Waals surface area contributed by atoms with Gasteiger partial charge in [-0.2, -0.15) is 0 Å². The van der Waals surface area contributed by atoms with Crippen molar-refractivity contribution in [2.75, 3.05) is 32.7 Å². The molecular weight excluding hydrogens is 384 g/mol. The highest BCUT2D eigenvalue weighted by atomic mass is 32.2. The Hall–Kier alpha value is -2.38. The molecule has 7 heteroatoms. The van der Waals surface area contributed by atoms with E-state index in [0.29, 0.717) is 12.5 Å². The molecule has 1 aliphatic rings. The van der Waals surface area contributed by atoms with Crippen LogP contribution in [0.3, 0.4) is 0 Å². The molecule has 0 aliphatic carbocycles. The summed E-state index contributed by atoms with van der Waals surface area (Å²) in [4.78, 5) is 7.20. The fourth-order valence-electron chi connectivity index (χ4n) is 3.59. The highest BCUT2D eigenvalue weighted by molar-refractivity contribution is 7.89. The normalized spacial score (nSPS) is 17.5. The zero-order valence-electron chi connectivity index (χ0n) is 16.9. The van der Waals surface area contributed by atoms with Gasteiger partial charge in [0.25, 0.3) is 0 Å². The average Bonchev–Trinajstić information content (AvgIpc) is 3.20. The van der Waals surface area contributed by atoms with Crippen LogP contribution in [0.15, 0.2) is 70.6 Å². The van der Waals surface area contributed by atoms with Crippen LogP contribution in [-0.2, 0) is 16.4 Å². The van der Waals surface area contributed by atoms with E-state index in [1.807, 2.05) is 13.0 Å². The lowest BCUT2D eigenvalue weighted by molar-refractivity contribution is 0.460. The molecule has 6 nitrogen and oxygen atoms in total. The molecule has 29 heavy (non-hydrogen) atoms. The van der Waals surface area contributed by atoms with E-state index in [1.165, 1.54) is 5.56 Å². The molecule has 1 unspecified atom stereocenters. The molecule has 0 aromatic heterocycles. The first-order valence-corrected chi connectivity index (χ1v) is 11.7. The van der Waals surface area contributed by atoms with Gasteiger partial charge < -0.3 is 10.2 Å². The number of hydrogen-bond donors (Lipinski definition) is 2. The Labute approximate surface area is 174 Å². The Kier molecular flexibility index (Phi) is 7.66. The number of aliphatic imine (C=N–C) groups is 1. The summed E-state index contributed by atoms with van der Waals surface area (Å²) in [5, 5.41) is 3.34. The van der Waals surface area contributed by atoms with Crippen molar-refractivity contribution in [2.45, 2.75) is 24.7 Å². The lowest BCUT2D eigenvalue weighted by Gasteiger charge is -2.21. The molecule has 2 aromatic rings. The van der Waals surface area contributed by atoms with Crippen molar-refractivity contribution in [1.82, 2.24) is 14.9 Å². The lowest BCUT2D eigenvalue weighted by Crippen LogP contribution is -2.40. The van der Waals surface area contributed by atoms with Crippen molar-refractivity contribution >= 4 is 16.0 Å². The molecule has 1 aliphatic heterocycles. The van der Waals surface area contributed by atoms with Gasteiger partial charge in [-0.25, -0.2) is 13.1 Å². The van der Waals surface area contributed by atoms with E-state index >= 15 is 0 Å². The second-order valence-electron chi connectivity index (χ2n) is 7.24. The maximum atomic E-state index is 12.3. The van der Waals surface area contributed by atoms with Gasteiger partial charge in [-0.3, -0.25) is 4.99 Å². The first-order chi connectivity index (χ1) is 14.1. The summed E-state index contributed by atoms with van der Waals surface area (Å²) in [6, 6.07) is 19.0. The molecular formula is C22H30N4O2S. The number of benzene rings is 2. The van der Waals surface area contributed by atoms with Gasteiger partial charge in [-0.1, -0.05) is 48.5 Å². The highest BCUT2D eigenvalue weighted by Gasteiger charge is 2.25. The molecule has 3 rings (SSSR count). The first-order valence-electron chi connectivity index (χ1n) is 10.2. The third kappa shape index (κ3) is 6.30. The zero-order valence-corrected chi connectivity index (χ0v) is 17.7. The Morgan fingerprint density at radius 1 is 1.10 bits per heavy atom. The van der Waals surface area contributed by atoms with Gasteiger partial charge in [0.15, 0.2) is 5.96 Å². The predicted octanol–water partition coefficient (Wildman–Crippen LogP) is 2.50. The largest absolute Gasteiger partial charge is 0.357 e. The van der Waals surface area contributed by atoms with E-state index in [0.717, 1.165) is 38.4 Å². The van der Waals surface area contributed by atoms with E-state index in [4.69, 9.17) is 0 Å². The van der Waals surface area contributed by atoms with Gasteiger partial charge in [0.2, 0.25) is 10.0 Å². The Morgan fingerprint density at radius 2 is 1.79 bits per heavy atom. The molecule has 0 spiro atoms. The van der Waals surface area contributed by atoms with E-state index in [-0.39, 0.29) is 11.4 Å². The van der Waals surface area contributed by atoms with Crippen LogP contribution in [0.25, 0.3) is 0 Å². The Balaban J connectivity index is 1.52. The van der Waals surface area contributed by atoms with Crippen LogP contribution in [0.2, 0.25) is 0 Å². The van der Waals surface area contributed by atoms with Gasteiger partial charge >= 0.3 is 0 Å². The fourth-order valence-corrected chi connectivity index (χ4v) is 4.63. The van der Waals surface area contributed by atoms with Crippen LogP contribution < -0.4 is 10.0 Å². The van der Waals surface area contributed by atoms with Crippen LogP contribution in [0.1, 0.15) is 18.9 Å². The van der Waals surface area contributed by atoms with Crippen molar-refractivity contribution in [2.24, 2.45) is 10.9 Å². The molecule has 1 fully saturated rings. The second kappa shape index (κ2) is 10.4. The summed E-state index contributed by atoms with van der Waals surface area (Å²) in [6.45, 7) is 5.44. The molecule has 156 valence electrons. The lowest BCUT2D eigenvalue weighted by atomic mass is 9.99. The molecule has 0 radical (unpaired) electrons. The molecule has 0 saturated carbocycles. The summed E-state index contributed by atoms with van der Waals surface area (Å²) in [6.07, 6.45) is 2.22. The minimum absolute atomic E-state index is 0.271. The van der Waals surface area contributed by atoms with E-state index in [1.54, 1.807) is 30.3 Å². The smallest absolute Gasteiger partial charge is 0.240 e. The summed E-state index contributed by atoms with van der Waals surface area (Å²) in [5.74, 6) is 1.47. The molecule has 1 atom stereocenters. The highest BCUT2D eigenvalue weighted by Crippen LogP contribution is 2.20. The summed E-state index contributed by atoms with van der Waals surface area (Å²) < 4.78 is 27.2. The molecule has 1 heterocycles. The van der Waals surface area contributed by atoms with Crippen molar-refractivity contribution < 1.29 is 8.42 Å². The number of hydrogen-bond acceptors (Lipinski definition) is 3. The number of guanidine groups is 1. The van der Waals surface area contributed by atoms with Gasteiger partial charge in [0.05, 0.1) is 11.4 Å². The van der Waals surface area contributed by atoms with Gasteiger partial charge in [-0.15, -0.1) is 0 Å². The maximum Gasteiger partial charge on any atom is 0.240 e. The van der Waals surface area contributed by atoms with Gasteiger partial charge in [0, 0.05) is 26.2 Å². The Morgan fingerprint density at radius 3 is 2.48 bits per heavy atom. The summed E-state index contributed by atoms with van der Waals surface area (Å²) in [5.41, 5.74) is 1.37. The molecule has 2 aromatic carbocycles. The van der Waals surface area contributed by atoms with Crippen molar-refractivity contribution in [1.29, 1.82) is 0 Å². The topological polar surface area (TPSA) is 73.8 Å². The minimum atomic E-state index is -3.49. The number of sulfonamides is 1. The fraction of sp³-hybridized carbons (Fsp3) is 0.409. The summed E-state index contributed by atoms with van der Waals surface area (Å²) >= 11 is 0. The van der Waals surface area contributed by atoms with Crippen molar-refractivity contribution in [3.05, 3.63) is 66.2 Å². The standard InChI is InChI=1S/C22H30N4O2S/c1-2-23-22(24-14-15-25-29(27,28)21-11-7-4-8-12-21)26-16-13-20(18-26)17-19-9-5-3-6-10-19/h3-12,20,25H,2,13-18H2,1H3,(H,23,24). The third-order valence-electron chi connectivity index (χ3n) is 5.01. The first kappa shape index (κ1) is 21.3. The van der Waals surface area contributed by atoms with Crippen LogP contribution in [0, 0.1) is 5.92 Å².